The Balaban J connectivity index is 1.71. The minimum atomic E-state index is -0.751. The third-order valence-electron chi connectivity index (χ3n) is 6.38. The number of aliphatic imine (C=N–C) groups is 1. The number of hydrogen-bond acceptors (Lipinski definition) is 6. The van der Waals surface area contributed by atoms with Crippen LogP contribution in [0, 0.1) is 17.1 Å². The minimum absolute atomic E-state index is 0.000599. The summed E-state index contributed by atoms with van der Waals surface area (Å²) < 4.78 is 13.2. The first kappa shape index (κ1) is 26.4. The summed E-state index contributed by atoms with van der Waals surface area (Å²) >= 11 is 0. The SMILES string of the molecule is C=Cc1cc(CN2CCC(CC#N)(N/C=C(/C(N)=O)C(N)=Nc3ccc(F)cc3)CC2)ccc1NC. The highest BCUT2D eigenvalue weighted by molar-refractivity contribution is 6.20. The van der Waals surface area contributed by atoms with E-state index < -0.39 is 17.3 Å². The van der Waals surface area contributed by atoms with Gasteiger partial charge < -0.3 is 22.1 Å². The number of hydrogen-bond donors (Lipinski definition) is 4. The lowest BCUT2D eigenvalue weighted by molar-refractivity contribution is -0.114. The van der Waals surface area contributed by atoms with E-state index >= 15 is 0 Å². The lowest BCUT2D eigenvalue weighted by Crippen LogP contribution is -2.51. The first-order valence-corrected chi connectivity index (χ1v) is 11.7. The molecule has 0 bridgehead atoms. The Morgan fingerprint density at radius 3 is 2.53 bits per heavy atom. The number of likely N-dealkylation sites (tertiary alicyclic amines) is 1. The number of nitrogens with two attached hydrogens (primary N) is 2. The Morgan fingerprint density at radius 2 is 1.94 bits per heavy atom. The molecule has 0 saturated carbocycles. The molecule has 2 aromatic carbocycles. The van der Waals surface area contributed by atoms with Crippen molar-refractivity contribution in [3.8, 4) is 6.07 Å². The molecule has 0 radical (unpaired) electrons. The summed E-state index contributed by atoms with van der Waals surface area (Å²) in [6.45, 7) is 6.21. The second-order valence-electron chi connectivity index (χ2n) is 8.81. The van der Waals surface area contributed by atoms with E-state index in [-0.39, 0.29) is 17.8 Å². The molecule has 1 saturated heterocycles. The van der Waals surface area contributed by atoms with Crippen molar-refractivity contribution < 1.29 is 9.18 Å². The Kier molecular flexibility index (Phi) is 8.81. The Morgan fingerprint density at radius 1 is 1.25 bits per heavy atom. The average Bonchev–Trinajstić information content (AvgIpc) is 2.87. The van der Waals surface area contributed by atoms with Gasteiger partial charge >= 0.3 is 0 Å². The smallest absolute Gasteiger partial charge is 0.253 e. The van der Waals surface area contributed by atoms with Gasteiger partial charge in [-0.2, -0.15) is 5.26 Å². The molecule has 1 aliphatic heterocycles. The van der Waals surface area contributed by atoms with E-state index in [1.54, 1.807) is 0 Å². The van der Waals surface area contributed by atoms with Crippen molar-refractivity contribution >= 4 is 29.2 Å². The van der Waals surface area contributed by atoms with Crippen molar-refractivity contribution in [2.75, 3.05) is 25.5 Å². The number of amides is 1. The highest BCUT2D eigenvalue weighted by Crippen LogP contribution is 2.28. The van der Waals surface area contributed by atoms with Crippen molar-refractivity contribution in [3.05, 3.63) is 77.8 Å². The molecular formula is C27H32FN7O. The summed E-state index contributed by atoms with van der Waals surface area (Å²) in [6.07, 6.45) is 4.93. The first-order chi connectivity index (χ1) is 17.3. The summed E-state index contributed by atoms with van der Waals surface area (Å²) in [5.41, 5.74) is 14.7. The Bertz CT molecular complexity index is 1190. The Hall–Kier alpha value is -4.16. The normalized spacial score (nSPS) is 16.1. The summed E-state index contributed by atoms with van der Waals surface area (Å²) in [4.78, 5) is 18.6. The number of nitriles is 1. The van der Waals surface area contributed by atoms with E-state index in [9.17, 15) is 14.4 Å². The maximum absolute atomic E-state index is 13.2. The van der Waals surface area contributed by atoms with E-state index in [1.807, 2.05) is 19.2 Å². The van der Waals surface area contributed by atoms with Crippen LogP contribution in [0.3, 0.4) is 0 Å². The number of nitrogens with zero attached hydrogens (tertiary/aromatic N) is 3. The zero-order valence-electron chi connectivity index (χ0n) is 20.4. The number of rotatable bonds is 10. The molecule has 9 heteroatoms. The van der Waals surface area contributed by atoms with E-state index in [0.717, 1.165) is 30.9 Å². The van der Waals surface area contributed by atoms with Gasteiger partial charge in [-0.3, -0.25) is 9.69 Å². The van der Waals surface area contributed by atoms with Crippen LogP contribution >= 0.6 is 0 Å². The van der Waals surface area contributed by atoms with Crippen LogP contribution < -0.4 is 22.1 Å². The fourth-order valence-corrected chi connectivity index (χ4v) is 4.24. The van der Waals surface area contributed by atoms with Gasteiger partial charge in [-0.15, -0.1) is 0 Å². The molecule has 1 amide bonds. The third kappa shape index (κ3) is 6.71. The Labute approximate surface area is 211 Å². The van der Waals surface area contributed by atoms with E-state index in [2.05, 4.69) is 45.3 Å². The highest BCUT2D eigenvalue weighted by Gasteiger charge is 2.34. The largest absolute Gasteiger partial charge is 0.388 e. The number of primary amides is 1. The number of piperidine rings is 1. The van der Waals surface area contributed by atoms with Crippen LogP contribution in [0.5, 0.6) is 0 Å². The van der Waals surface area contributed by atoms with Gasteiger partial charge in [0.05, 0.1) is 29.3 Å². The van der Waals surface area contributed by atoms with Gasteiger partial charge in [0.2, 0.25) is 0 Å². The van der Waals surface area contributed by atoms with Crippen LogP contribution in [0.1, 0.15) is 30.4 Å². The predicted molar refractivity (Wildman–Crippen MR) is 142 cm³/mol. The van der Waals surface area contributed by atoms with Crippen LogP contribution in [0.4, 0.5) is 15.8 Å². The van der Waals surface area contributed by atoms with Crippen LogP contribution in [-0.4, -0.2) is 42.3 Å². The zero-order chi connectivity index (χ0) is 26.1. The monoisotopic (exact) mass is 489 g/mol. The second-order valence-corrected chi connectivity index (χ2v) is 8.81. The van der Waals surface area contributed by atoms with Crippen LogP contribution in [-0.2, 0) is 11.3 Å². The molecule has 1 fully saturated rings. The number of benzene rings is 2. The maximum Gasteiger partial charge on any atom is 0.253 e. The van der Waals surface area contributed by atoms with E-state index in [0.29, 0.717) is 18.5 Å². The van der Waals surface area contributed by atoms with Crippen molar-refractivity contribution in [1.82, 2.24) is 10.2 Å². The van der Waals surface area contributed by atoms with Gasteiger partial charge in [-0.1, -0.05) is 18.7 Å². The van der Waals surface area contributed by atoms with Gasteiger partial charge in [0, 0.05) is 38.6 Å². The third-order valence-corrected chi connectivity index (χ3v) is 6.38. The summed E-state index contributed by atoms with van der Waals surface area (Å²) in [6, 6.07) is 13.9. The van der Waals surface area contributed by atoms with E-state index in [4.69, 9.17) is 11.5 Å². The van der Waals surface area contributed by atoms with Crippen molar-refractivity contribution in [1.29, 1.82) is 5.26 Å². The number of carbonyl (C=O) groups is 1. The summed E-state index contributed by atoms with van der Waals surface area (Å²) in [5, 5.41) is 15.9. The molecule has 0 aliphatic carbocycles. The molecule has 1 aliphatic rings. The molecule has 0 spiro atoms. The zero-order valence-corrected chi connectivity index (χ0v) is 20.4. The maximum atomic E-state index is 13.2. The lowest BCUT2D eigenvalue weighted by Gasteiger charge is -2.41. The number of amidine groups is 1. The van der Waals surface area contributed by atoms with Crippen LogP contribution in [0.25, 0.3) is 6.08 Å². The standard InChI is InChI=1S/C27H32FN7O/c1-3-20-16-19(4-9-24(20)32-2)18-35-14-11-27(10-13-29,12-15-35)33-17-23(26(31)36)25(30)34-22-7-5-21(28)6-8-22/h3-9,16-17,32-33H,1,10-12,14-15,18H2,2H3,(H2,30,34)(H2,31,36)/b23-17+. The topological polar surface area (TPSA) is 133 Å². The average molecular weight is 490 g/mol. The number of anilines is 1. The van der Waals surface area contributed by atoms with Crippen molar-refractivity contribution in [3.63, 3.8) is 0 Å². The van der Waals surface area contributed by atoms with Gasteiger partial charge in [-0.05, 0) is 60.4 Å². The molecule has 2 aromatic rings. The van der Waals surface area contributed by atoms with Crippen LogP contribution in [0.15, 0.2) is 65.8 Å². The molecule has 6 N–H and O–H groups in total. The van der Waals surface area contributed by atoms with Gasteiger partial charge in [0.15, 0.2) is 0 Å². The molecule has 1 heterocycles. The molecule has 188 valence electrons. The van der Waals surface area contributed by atoms with Crippen molar-refractivity contribution in [2.24, 2.45) is 16.5 Å². The summed E-state index contributed by atoms with van der Waals surface area (Å²) in [5.74, 6) is -1.24. The molecule has 0 aromatic heterocycles. The number of halogens is 1. The first-order valence-electron chi connectivity index (χ1n) is 11.7. The molecule has 8 nitrogen and oxygen atoms in total. The quantitative estimate of drug-likeness (QED) is 0.230. The number of carbonyl (C=O) groups excluding carboxylic acids is 1. The van der Waals surface area contributed by atoms with Gasteiger partial charge in [-0.25, -0.2) is 9.38 Å². The minimum Gasteiger partial charge on any atom is -0.388 e. The van der Waals surface area contributed by atoms with Crippen LogP contribution in [0.2, 0.25) is 0 Å². The molecule has 36 heavy (non-hydrogen) atoms. The number of nitrogens with one attached hydrogen (secondary N) is 2. The lowest BCUT2D eigenvalue weighted by atomic mass is 9.84. The summed E-state index contributed by atoms with van der Waals surface area (Å²) in [7, 11) is 1.88. The molecule has 0 atom stereocenters. The van der Waals surface area contributed by atoms with Gasteiger partial charge in [0.1, 0.15) is 11.7 Å². The fraction of sp³-hybridized carbons (Fsp3) is 0.296. The second kappa shape index (κ2) is 12.0. The highest BCUT2D eigenvalue weighted by atomic mass is 19.1. The fourth-order valence-electron chi connectivity index (χ4n) is 4.24. The van der Waals surface area contributed by atoms with Crippen molar-refractivity contribution in [2.45, 2.75) is 31.3 Å². The van der Waals surface area contributed by atoms with Gasteiger partial charge in [0.25, 0.3) is 5.91 Å². The van der Waals surface area contributed by atoms with E-state index in [1.165, 1.54) is 36.0 Å². The molecular weight excluding hydrogens is 457 g/mol. The molecule has 3 rings (SSSR count). The predicted octanol–water partition coefficient (Wildman–Crippen LogP) is 3.41. The molecule has 0 unspecified atom stereocenters.